The molecular formula is C55H35N5. The molecule has 0 aliphatic rings. The van der Waals surface area contributed by atoms with Gasteiger partial charge in [-0.05, 0) is 87.6 Å². The molecule has 0 amide bonds. The minimum atomic E-state index is 0.567. The number of hydrogen-bond donors (Lipinski definition) is 0. The van der Waals surface area contributed by atoms with E-state index in [1.807, 2.05) is 0 Å². The highest BCUT2D eigenvalue weighted by Gasteiger charge is 2.20. The number of rotatable bonds is 6. The monoisotopic (exact) mass is 765 g/mol. The van der Waals surface area contributed by atoms with Crippen molar-refractivity contribution in [1.82, 2.24) is 24.1 Å². The van der Waals surface area contributed by atoms with E-state index in [4.69, 9.17) is 15.0 Å². The van der Waals surface area contributed by atoms with Gasteiger partial charge in [0.25, 0.3) is 0 Å². The van der Waals surface area contributed by atoms with E-state index >= 15 is 0 Å². The van der Waals surface area contributed by atoms with Crippen LogP contribution in [0.15, 0.2) is 212 Å². The average molecular weight is 766 g/mol. The molecule has 12 rings (SSSR count). The Morgan fingerprint density at radius 3 is 1.40 bits per heavy atom. The SMILES string of the molecule is c1ccc(-c2ccc3c(c2)c2ccccc2n3-c2cccc(-c3nc(-c4ccc5ccccc5c4)nc(-n4c5ccccc5c5cc(-c6ccccc6)ccc54)n3)c2)cc1. The standard InChI is InChI=1S/C55H35N5/c1-3-14-36(15-4-1)40-28-30-51-47(34-40)45-22-9-11-24-49(45)59(51)44-21-13-20-42(33-44)53-56-54(43-27-26-38-18-7-8-19-39(38)32-43)58-55(57-53)60-50-25-12-10-23-46(50)48-35-41(29-31-52(48)60)37-16-5-2-6-17-37/h1-35H. The van der Waals surface area contributed by atoms with Crippen LogP contribution in [0.2, 0.25) is 0 Å². The lowest BCUT2D eigenvalue weighted by molar-refractivity contribution is 0.953. The van der Waals surface area contributed by atoms with Crippen LogP contribution < -0.4 is 0 Å². The molecule has 0 saturated carbocycles. The van der Waals surface area contributed by atoms with Gasteiger partial charge in [0.05, 0.1) is 22.1 Å². The fraction of sp³-hybridized carbons (Fsp3) is 0. The van der Waals surface area contributed by atoms with Gasteiger partial charge in [-0.2, -0.15) is 9.97 Å². The van der Waals surface area contributed by atoms with Crippen molar-refractivity contribution in [3.05, 3.63) is 212 Å². The molecule has 0 unspecified atom stereocenters. The number of aromatic nitrogens is 5. The van der Waals surface area contributed by atoms with Gasteiger partial charge in [0.1, 0.15) is 0 Å². The maximum atomic E-state index is 5.34. The molecule has 0 spiro atoms. The Hall–Kier alpha value is -8.15. The van der Waals surface area contributed by atoms with Crippen molar-refractivity contribution in [3.8, 4) is 56.7 Å². The van der Waals surface area contributed by atoms with E-state index in [2.05, 4.69) is 221 Å². The minimum absolute atomic E-state index is 0.567. The summed E-state index contributed by atoms with van der Waals surface area (Å²) in [5.41, 5.74) is 11.9. The van der Waals surface area contributed by atoms with Crippen molar-refractivity contribution < 1.29 is 0 Å². The van der Waals surface area contributed by atoms with Crippen LogP contribution >= 0.6 is 0 Å². The lowest BCUT2D eigenvalue weighted by atomic mass is 10.0. The third-order valence-electron chi connectivity index (χ3n) is 11.8. The van der Waals surface area contributed by atoms with Gasteiger partial charge in [0.15, 0.2) is 11.6 Å². The molecule has 0 aliphatic heterocycles. The van der Waals surface area contributed by atoms with Crippen molar-refractivity contribution >= 4 is 54.4 Å². The summed E-state index contributed by atoms with van der Waals surface area (Å²) in [6.07, 6.45) is 0. The summed E-state index contributed by atoms with van der Waals surface area (Å²) in [7, 11) is 0. The summed E-state index contributed by atoms with van der Waals surface area (Å²) >= 11 is 0. The van der Waals surface area contributed by atoms with E-state index in [1.165, 1.54) is 32.8 Å². The maximum Gasteiger partial charge on any atom is 0.238 e. The third kappa shape index (κ3) is 5.59. The van der Waals surface area contributed by atoms with E-state index in [1.54, 1.807) is 0 Å². The first kappa shape index (κ1) is 33.9. The van der Waals surface area contributed by atoms with Crippen LogP contribution in [0.5, 0.6) is 0 Å². The maximum absolute atomic E-state index is 5.34. The molecule has 0 bridgehead atoms. The average Bonchev–Trinajstić information content (AvgIpc) is 3.84. The van der Waals surface area contributed by atoms with Crippen LogP contribution in [0.25, 0.3) is 111 Å². The minimum Gasteiger partial charge on any atom is -0.309 e. The topological polar surface area (TPSA) is 48.5 Å². The van der Waals surface area contributed by atoms with Gasteiger partial charge >= 0.3 is 0 Å². The summed E-state index contributed by atoms with van der Waals surface area (Å²) in [6, 6.07) is 75.2. The summed E-state index contributed by atoms with van der Waals surface area (Å²) in [5.74, 6) is 1.78. The first-order valence-electron chi connectivity index (χ1n) is 20.3. The highest BCUT2D eigenvalue weighted by Crippen LogP contribution is 2.38. The van der Waals surface area contributed by atoms with E-state index < -0.39 is 0 Å². The Balaban J connectivity index is 1.07. The molecule has 3 heterocycles. The molecule has 60 heavy (non-hydrogen) atoms. The van der Waals surface area contributed by atoms with Crippen LogP contribution in [-0.4, -0.2) is 24.1 Å². The molecule has 3 aromatic heterocycles. The third-order valence-corrected chi connectivity index (χ3v) is 11.8. The molecule has 12 aromatic rings. The van der Waals surface area contributed by atoms with Crippen molar-refractivity contribution in [2.75, 3.05) is 0 Å². The molecule has 0 fully saturated rings. The van der Waals surface area contributed by atoms with Gasteiger partial charge in [-0.25, -0.2) is 4.98 Å². The van der Waals surface area contributed by atoms with Crippen molar-refractivity contribution in [1.29, 1.82) is 0 Å². The molecule has 0 N–H and O–H groups in total. The quantitative estimate of drug-likeness (QED) is 0.169. The molecule has 5 nitrogen and oxygen atoms in total. The molecule has 9 aromatic carbocycles. The van der Waals surface area contributed by atoms with Crippen molar-refractivity contribution in [2.24, 2.45) is 0 Å². The van der Waals surface area contributed by atoms with Gasteiger partial charge in [0, 0.05) is 38.4 Å². The normalized spacial score (nSPS) is 11.7. The van der Waals surface area contributed by atoms with Gasteiger partial charge < -0.3 is 4.57 Å². The molecule has 0 atom stereocenters. The van der Waals surface area contributed by atoms with Crippen molar-refractivity contribution in [2.45, 2.75) is 0 Å². The van der Waals surface area contributed by atoms with Crippen LogP contribution in [0.1, 0.15) is 0 Å². The Kier molecular flexibility index (Phi) is 7.78. The van der Waals surface area contributed by atoms with E-state index in [-0.39, 0.29) is 0 Å². The lowest BCUT2D eigenvalue weighted by Gasteiger charge is -2.13. The Bertz CT molecular complexity index is 3600. The second-order valence-corrected chi connectivity index (χ2v) is 15.3. The highest BCUT2D eigenvalue weighted by atomic mass is 15.2. The second-order valence-electron chi connectivity index (χ2n) is 15.3. The number of nitrogens with zero attached hydrogens (tertiary/aromatic N) is 5. The zero-order valence-corrected chi connectivity index (χ0v) is 32.4. The lowest BCUT2D eigenvalue weighted by Crippen LogP contribution is -2.06. The van der Waals surface area contributed by atoms with Crippen LogP contribution in [-0.2, 0) is 0 Å². The first-order chi connectivity index (χ1) is 29.7. The fourth-order valence-electron chi connectivity index (χ4n) is 8.90. The van der Waals surface area contributed by atoms with Crippen LogP contribution in [0.4, 0.5) is 0 Å². The summed E-state index contributed by atoms with van der Waals surface area (Å²) in [6.45, 7) is 0. The molecule has 0 radical (unpaired) electrons. The number of fused-ring (bicyclic) bond motifs is 7. The zero-order valence-electron chi connectivity index (χ0n) is 32.4. The van der Waals surface area contributed by atoms with E-state index in [9.17, 15) is 0 Å². The number of benzene rings is 9. The summed E-state index contributed by atoms with van der Waals surface area (Å²) in [5, 5.41) is 7.00. The van der Waals surface area contributed by atoms with Gasteiger partial charge in [-0.3, -0.25) is 4.57 Å². The molecule has 0 aliphatic carbocycles. The van der Waals surface area contributed by atoms with Gasteiger partial charge in [-0.1, -0.05) is 158 Å². The molecule has 280 valence electrons. The van der Waals surface area contributed by atoms with Crippen LogP contribution in [0, 0.1) is 0 Å². The Morgan fingerprint density at radius 2 is 0.750 bits per heavy atom. The zero-order chi connectivity index (χ0) is 39.6. The second kappa shape index (κ2) is 13.8. The van der Waals surface area contributed by atoms with Crippen LogP contribution in [0.3, 0.4) is 0 Å². The number of para-hydroxylation sites is 2. The predicted molar refractivity (Wildman–Crippen MR) is 248 cm³/mol. The van der Waals surface area contributed by atoms with E-state index in [0.717, 1.165) is 60.6 Å². The smallest absolute Gasteiger partial charge is 0.238 e. The first-order valence-corrected chi connectivity index (χ1v) is 20.3. The van der Waals surface area contributed by atoms with Gasteiger partial charge in [0.2, 0.25) is 5.95 Å². The molecule has 0 saturated heterocycles. The summed E-state index contributed by atoms with van der Waals surface area (Å²) < 4.78 is 4.54. The molecular weight excluding hydrogens is 731 g/mol. The number of hydrogen-bond acceptors (Lipinski definition) is 3. The molecule has 5 heteroatoms. The Morgan fingerprint density at radius 1 is 0.267 bits per heavy atom. The van der Waals surface area contributed by atoms with Gasteiger partial charge in [-0.15, -0.1) is 0 Å². The fourth-order valence-corrected chi connectivity index (χ4v) is 8.90. The highest BCUT2D eigenvalue weighted by molar-refractivity contribution is 6.11. The predicted octanol–water partition coefficient (Wildman–Crippen LogP) is 13.9. The Labute approximate surface area is 346 Å². The van der Waals surface area contributed by atoms with E-state index in [0.29, 0.717) is 17.6 Å². The summed E-state index contributed by atoms with van der Waals surface area (Å²) in [4.78, 5) is 15.9. The van der Waals surface area contributed by atoms with Crippen molar-refractivity contribution in [3.63, 3.8) is 0 Å². The largest absolute Gasteiger partial charge is 0.309 e.